The molecule has 0 saturated carbocycles. The van der Waals surface area contributed by atoms with Gasteiger partial charge in [0, 0.05) is 16.1 Å². The number of carbonyl (C=O) groups is 2. The number of methoxy groups -OCH3 is 1. The van der Waals surface area contributed by atoms with Crippen molar-refractivity contribution in [2.75, 3.05) is 12.4 Å². The largest absolute Gasteiger partial charge is 0.469 e. The van der Waals surface area contributed by atoms with Crippen molar-refractivity contribution < 1.29 is 23.5 Å². The molecule has 0 radical (unpaired) electrons. The van der Waals surface area contributed by atoms with Crippen LogP contribution in [0.1, 0.15) is 29.8 Å². The lowest BCUT2D eigenvalue weighted by Gasteiger charge is -2.16. The number of hydrogen-bond acceptors (Lipinski definition) is 6. The number of esters is 1. The molecular weight excluding hydrogens is 515 g/mol. The predicted molar refractivity (Wildman–Crippen MR) is 143 cm³/mol. The third-order valence-electron chi connectivity index (χ3n) is 5.78. The van der Waals surface area contributed by atoms with E-state index in [1.807, 2.05) is 24.3 Å². The number of amides is 1. The van der Waals surface area contributed by atoms with Gasteiger partial charge >= 0.3 is 12.1 Å². The minimum atomic E-state index is -0.622. The third-order valence-corrected chi connectivity index (χ3v) is 7.12. The molecule has 4 rings (SSSR count). The zero-order valence-electron chi connectivity index (χ0n) is 20.4. The van der Waals surface area contributed by atoms with Gasteiger partial charge in [0.2, 0.25) is 0 Å². The molecule has 0 saturated heterocycles. The van der Waals surface area contributed by atoms with Crippen LogP contribution in [0.3, 0.4) is 0 Å². The second-order valence-electron chi connectivity index (χ2n) is 8.31. The van der Waals surface area contributed by atoms with Gasteiger partial charge < -0.3 is 9.47 Å². The van der Waals surface area contributed by atoms with Crippen LogP contribution in [0.5, 0.6) is 0 Å². The summed E-state index contributed by atoms with van der Waals surface area (Å²) in [5.41, 5.74) is 4.35. The molecule has 37 heavy (non-hydrogen) atoms. The van der Waals surface area contributed by atoms with E-state index in [9.17, 15) is 14.0 Å². The Bertz CT molecular complexity index is 1440. The number of halogens is 2. The summed E-state index contributed by atoms with van der Waals surface area (Å²) in [7, 11) is 1.30. The van der Waals surface area contributed by atoms with Gasteiger partial charge in [-0.25, -0.2) is 9.18 Å². The van der Waals surface area contributed by atoms with E-state index in [0.29, 0.717) is 38.7 Å². The fraction of sp³-hybridized carbons (Fsp3) is 0.179. The summed E-state index contributed by atoms with van der Waals surface area (Å²) in [4.78, 5) is 24.9. The molecule has 190 valence electrons. The van der Waals surface area contributed by atoms with Crippen LogP contribution in [-0.2, 0) is 20.7 Å². The van der Waals surface area contributed by atoms with Gasteiger partial charge in [0.15, 0.2) is 0 Å². The molecule has 1 amide bonds. The smallest absolute Gasteiger partial charge is 0.412 e. The number of rotatable bonds is 7. The lowest BCUT2D eigenvalue weighted by atomic mass is 10.00. The highest BCUT2D eigenvalue weighted by molar-refractivity contribution is 7.10. The molecule has 3 aromatic carbocycles. The van der Waals surface area contributed by atoms with Gasteiger partial charge in [0.1, 0.15) is 11.9 Å². The molecule has 0 spiro atoms. The first kappa shape index (κ1) is 26.3. The second-order valence-corrected chi connectivity index (χ2v) is 9.49. The minimum Gasteiger partial charge on any atom is -0.469 e. The number of anilines is 1. The topological polar surface area (TPSA) is 77.5 Å². The number of ether oxygens (including phenoxy) is 2. The van der Waals surface area contributed by atoms with E-state index >= 15 is 0 Å². The highest BCUT2D eigenvalue weighted by Crippen LogP contribution is 2.36. The highest BCUT2D eigenvalue weighted by Gasteiger charge is 2.19. The number of aromatic nitrogens is 1. The summed E-state index contributed by atoms with van der Waals surface area (Å²) in [6.45, 7) is 3.55. The number of carbonyl (C=O) groups excluding carboxylic acids is 2. The fourth-order valence-electron chi connectivity index (χ4n) is 3.82. The van der Waals surface area contributed by atoms with Crippen molar-refractivity contribution in [3.05, 3.63) is 94.4 Å². The Morgan fingerprint density at radius 1 is 1.08 bits per heavy atom. The average molecular weight is 539 g/mol. The molecular formula is C28H24ClFN2O4S. The molecule has 1 aromatic heterocycles. The van der Waals surface area contributed by atoms with E-state index in [1.165, 1.54) is 24.7 Å². The first-order valence-electron chi connectivity index (χ1n) is 11.4. The Morgan fingerprint density at radius 2 is 1.78 bits per heavy atom. The summed E-state index contributed by atoms with van der Waals surface area (Å²) in [6, 6.07) is 19.1. The van der Waals surface area contributed by atoms with E-state index in [-0.39, 0.29) is 6.42 Å². The van der Waals surface area contributed by atoms with Crippen molar-refractivity contribution in [2.24, 2.45) is 0 Å². The number of nitrogens with zero attached hydrogens (tertiary/aromatic N) is 1. The second kappa shape index (κ2) is 11.5. The van der Waals surface area contributed by atoms with E-state index in [0.717, 1.165) is 10.4 Å². The standard InChI is InChI=1S/C28H24ClFN2O4S/c1-16-26(31-28(34)36-17(2)21-6-4-5-7-23(21)29)27(37-32-16)20-11-9-19(10-12-20)22-13-8-18(14-24(22)30)15-25(33)35-3/h4-14,17H,15H2,1-3H3,(H,31,34)/t17-/m1/s1. The lowest BCUT2D eigenvalue weighted by molar-refractivity contribution is -0.139. The fourth-order valence-corrected chi connectivity index (χ4v) is 4.96. The molecule has 0 bridgehead atoms. The zero-order valence-corrected chi connectivity index (χ0v) is 22.0. The van der Waals surface area contributed by atoms with Gasteiger partial charge in [-0.2, -0.15) is 4.37 Å². The number of aryl methyl sites for hydroxylation is 1. The normalized spacial score (nSPS) is 11.6. The summed E-state index contributed by atoms with van der Waals surface area (Å²) in [5, 5.41) is 3.33. The number of nitrogens with one attached hydrogen (secondary N) is 1. The third kappa shape index (κ3) is 6.15. The Kier molecular flexibility index (Phi) is 8.21. The maximum Gasteiger partial charge on any atom is 0.412 e. The highest BCUT2D eigenvalue weighted by atomic mass is 35.5. The first-order chi connectivity index (χ1) is 17.8. The maximum atomic E-state index is 14.7. The van der Waals surface area contributed by atoms with Crippen LogP contribution in [0.2, 0.25) is 5.02 Å². The summed E-state index contributed by atoms with van der Waals surface area (Å²) in [5.74, 6) is -0.858. The SMILES string of the molecule is COC(=O)Cc1ccc(-c2ccc(-c3snc(C)c3NC(=O)O[C@H](C)c3ccccc3Cl)cc2)c(F)c1. The Morgan fingerprint density at radius 3 is 2.46 bits per heavy atom. The van der Waals surface area contributed by atoms with Crippen molar-refractivity contribution in [2.45, 2.75) is 26.4 Å². The van der Waals surface area contributed by atoms with Gasteiger partial charge in [0.25, 0.3) is 0 Å². The summed E-state index contributed by atoms with van der Waals surface area (Å²) >= 11 is 7.46. The Labute approximate surface area is 223 Å². The number of hydrogen-bond donors (Lipinski definition) is 1. The first-order valence-corrected chi connectivity index (χ1v) is 12.6. The quantitative estimate of drug-likeness (QED) is 0.245. The van der Waals surface area contributed by atoms with Crippen molar-refractivity contribution in [3.63, 3.8) is 0 Å². The van der Waals surface area contributed by atoms with Crippen LogP contribution in [0.25, 0.3) is 21.6 Å². The molecule has 1 atom stereocenters. The molecule has 1 heterocycles. The van der Waals surface area contributed by atoms with Crippen LogP contribution < -0.4 is 5.32 Å². The lowest BCUT2D eigenvalue weighted by Crippen LogP contribution is -2.16. The van der Waals surface area contributed by atoms with Crippen LogP contribution in [0.15, 0.2) is 66.7 Å². The molecule has 1 N–H and O–H groups in total. The zero-order chi connectivity index (χ0) is 26.5. The van der Waals surface area contributed by atoms with Crippen molar-refractivity contribution >= 4 is 40.9 Å². The van der Waals surface area contributed by atoms with Crippen LogP contribution in [0, 0.1) is 12.7 Å². The van der Waals surface area contributed by atoms with Crippen LogP contribution in [-0.4, -0.2) is 23.5 Å². The van der Waals surface area contributed by atoms with E-state index in [1.54, 1.807) is 50.2 Å². The average Bonchev–Trinajstić information content (AvgIpc) is 3.24. The molecule has 9 heteroatoms. The van der Waals surface area contributed by atoms with Crippen molar-refractivity contribution in [1.82, 2.24) is 4.37 Å². The van der Waals surface area contributed by atoms with Crippen molar-refractivity contribution in [3.8, 4) is 21.6 Å². The molecule has 4 aromatic rings. The summed E-state index contributed by atoms with van der Waals surface area (Å²) < 4.78 is 29.3. The van der Waals surface area contributed by atoms with E-state index in [2.05, 4.69) is 14.4 Å². The Hall–Kier alpha value is -3.75. The predicted octanol–water partition coefficient (Wildman–Crippen LogP) is 7.60. The monoisotopic (exact) mass is 538 g/mol. The molecule has 0 aliphatic heterocycles. The summed E-state index contributed by atoms with van der Waals surface area (Å²) in [6.07, 6.45) is -1.16. The molecule has 0 unspecified atom stereocenters. The molecule has 0 aliphatic carbocycles. The van der Waals surface area contributed by atoms with Gasteiger partial charge in [-0.1, -0.05) is 66.2 Å². The van der Waals surface area contributed by atoms with E-state index in [4.69, 9.17) is 16.3 Å². The Balaban J connectivity index is 1.50. The van der Waals surface area contributed by atoms with E-state index < -0.39 is 24.0 Å². The van der Waals surface area contributed by atoms with Crippen LogP contribution in [0.4, 0.5) is 14.9 Å². The van der Waals surface area contributed by atoms with Crippen LogP contribution >= 0.6 is 23.1 Å². The van der Waals surface area contributed by atoms with Crippen molar-refractivity contribution in [1.29, 1.82) is 0 Å². The molecule has 0 aliphatic rings. The minimum absolute atomic E-state index is 0.00669. The van der Waals surface area contributed by atoms with Gasteiger partial charge in [-0.05, 0) is 54.2 Å². The molecule has 6 nitrogen and oxygen atoms in total. The molecule has 0 fully saturated rings. The number of benzene rings is 3. The van der Waals surface area contributed by atoms with Gasteiger partial charge in [0.05, 0.1) is 29.8 Å². The maximum absolute atomic E-state index is 14.7. The van der Waals surface area contributed by atoms with Gasteiger partial charge in [-0.3, -0.25) is 10.1 Å². The van der Waals surface area contributed by atoms with Gasteiger partial charge in [-0.15, -0.1) is 0 Å².